The molecule has 0 bridgehead atoms. The molecule has 1 amide bonds. The predicted molar refractivity (Wildman–Crippen MR) is 120 cm³/mol. The summed E-state index contributed by atoms with van der Waals surface area (Å²) >= 11 is 0. The summed E-state index contributed by atoms with van der Waals surface area (Å²) in [7, 11) is 1.81. The lowest BCUT2D eigenvalue weighted by Gasteiger charge is -2.31. The number of carbonyl (C=O) groups excluding carboxylic acids is 1. The van der Waals surface area contributed by atoms with Crippen LogP contribution < -0.4 is 10.5 Å². The standard InChI is InChI=1S/C25H27N3O2/c1-26-14-10-20-17-28(15-11-22(20)25(26)30)23-7-5-6-18-16-19(8-9-21(18)23)24(29)27-12-3-2-4-13-27/h5-10,14,16H,2-4,11-13,15,17H2,1H3. The van der Waals surface area contributed by atoms with E-state index in [9.17, 15) is 9.59 Å². The summed E-state index contributed by atoms with van der Waals surface area (Å²) in [5.41, 5.74) is 4.10. The lowest BCUT2D eigenvalue weighted by Crippen LogP contribution is -2.36. The SMILES string of the molecule is Cn1ccc2c(c1=O)CCN(c1cccc3cc(C(=O)N4CCCCC4)ccc13)C2. The maximum atomic E-state index is 12.9. The molecule has 0 aliphatic carbocycles. The van der Waals surface area contributed by atoms with E-state index in [4.69, 9.17) is 0 Å². The minimum absolute atomic E-state index is 0.117. The number of amides is 1. The molecule has 0 atom stereocenters. The number of nitrogens with zero attached hydrogens (tertiary/aromatic N) is 3. The van der Waals surface area contributed by atoms with Gasteiger partial charge >= 0.3 is 0 Å². The summed E-state index contributed by atoms with van der Waals surface area (Å²) in [4.78, 5) is 29.6. The smallest absolute Gasteiger partial charge is 0.253 e. The third-order valence-corrected chi connectivity index (χ3v) is 6.55. The van der Waals surface area contributed by atoms with Gasteiger partial charge in [0.15, 0.2) is 0 Å². The molecule has 2 aliphatic rings. The molecule has 0 spiro atoms. The fraction of sp³-hybridized carbons (Fsp3) is 0.360. The highest BCUT2D eigenvalue weighted by Crippen LogP contribution is 2.31. The number of aryl methyl sites for hydroxylation is 1. The molecular weight excluding hydrogens is 374 g/mol. The lowest BCUT2D eigenvalue weighted by molar-refractivity contribution is 0.0724. The van der Waals surface area contributed by atoms with Crippen molar-refractivity contribution < 1.29 is 4.79 Å². The number of anilines is 1. The van der Waals surface area contributed by atoms with Gasteiger partial charge in [-0.25, -0.2) is 0 Å². The number of likely N-dealkylation sites (tertiary alicyclic amines) is 1. The average Bonchev–Trinajstić information content (AvgIpc) is 2.80. The summed E-state index contributed by atoms with van der Waals surface area (Å²) in [6.45, 7) is 3.28. The molecule has 5 heteroatoms. The molecule has 2 aromatic carbocycles. The first-order chi connectivity index (χ1) is 14.6. The molecule has 0 radical (unpaired) electrons. The highest BCUT2D eigenvalue weighted by atomic mass is 16.2. The van der Waals surface area contributed by atoms with Gasteiger partial charge < -0.3 is 14.4 Å². The van der Waals surface area contributed by atoms with Crippen LogP contribution >= 0.6 is 0 Å². The molecule has 2 aliphatic heterocycles. The molecule has 0 unspecified atom stereocenters. The van der Waals surface area contributed by atoms with Crippen LogP contribution in [0.15, 0.2) is 53.5 Å². The van der Waals surface area contributed by atoms with Crippen molar-refractivity contribution in [2.45, 2.75) is 32.2 Å². The summed E-state index contributed by atoms with van der Waals surface area (Å²) in [5.74, 6) is 0.143. The Morgan fingerprint density at radius 3 is 2.63 bits per heavy atom. The first kappa shape index (κ1) is 18.9. The number of piperidine rings is 1. The van der Waals surface area contributed by atoms with E-state index in [0.717, 1.165) is 78.6 Å². The number of fused-ring (bicyclic) bond motifs is 2. The lowest BCUT2D eigenvalue weighted by atomic mass is 9.99. The Hall–Kier alpha value is -3.08. The van der Waals surface area contributed by atoms with Gasteiger partial charge in [0.2, 0.25) is 0 Å². The van der Waals surface area contributed by atoms with Gasteiger partial charge in [0.1, 0.15) is 0 Å². The van der Waals surface area contributed by atoms with Crippen molar-refractivity contribution >= 4 is 22.4 Å². The van der Waals surface area contributed by atoms with Crippen molar-refractivity contribution in [3.05, 3.63) is 75.7 Å². The van der Waals surface area contributed by atoms with Crippen LogP contribution in [0.25, 0.3) is 10.8 Å². The highest BCUT2D eigenvalue weighted by Gasteiger charge is 2.22. The summed E-state index contributed by atoms with van der Waals surface area (Å²) in [6, 6.07) is 14.4. The monoisotopic (exact) mass is 401 g/mol. The molecule has 1 fully saturated rings. The van der Waals surface area contributed by atoms with Gasteiger partial charge in [-0.3, -0.25) is 9.59 Å². The van der Waals surface area contributed by atoms with E-state index in [1.54, 1.807) is 4.57 Å². The molecule has 0 saturated carbocycles. The molecule has 5 rings (SSSR count). The van der Waals surface area contributed by atoms with E-state index in [2.05, 4.69) is 35.2 Å². The Morgan fingerprint density at radius 2 is 1.80 bits per heavy atom. The van der Waals surface area contributed by atoms with Crippen molar-refractivity contribution in [2.24, 2.45) is 7.05 Å². The van der Waals surface area contributed by atoms with Gasteiger partial charge in [-0.05, 0) is 60.9 Å². The Morgan fingerprint density at radius 1 is 0.967 bits per heavy atom. The number of pyridine rings is 1. The zero-order valence-corrected chi connectivity index (χ0v) is 17.4. The molecule has 30 heavy (non-hydrogen) atoms. The van der Waals surface area contributed by atoms with Gasteiger partial charge in [-0.2, -0.15) is 0 Å². The third-order valence-electron chi connectivity index (χ3n) is 6.55. The summed E-state index contributed by atoms with van der Waals surface area (Å²) in [6.07, 6.45) is 6.03. The normalized spacial score (nSPS) is 16.6. The van der Waals surface area contributed by atoms with Crippen LogP contribution in [0.1, 0.15) is 40.7 Å². The van der Waals surface area contributed by atoms with Crippen molar-refractivity contribution in [2.75, 3.05) is 24.5 Å². The Bertz CT molecular complexity index is 1170. The molecule has 0 N–H and O–H groups in total. The first-order valence-electron chi connectivity index (χ1n) is 10.9. The summed E-state index contributed by atoms with van der Waals surface area (Å²) < 4.78 is 1.66. The van der Waals surface area contributed by atoms with Crippen LogP contribution in [0.2, 0.25) is 0 Å². The second-order valence-electron chi connectivity index (χ2n) is 8.47. The number of aromatic nitrogens is 1. The van der Waals surface area contributed by atoms with Gasteiger partial charge in [-0.15, -0.1) is 0 Å². The average molecular weight is 402 g/mol. The van der Waals surface area contributed by atoms with Gasteiger partial charge in [0, 0.05) is 61.6 Å². The predicted octanol–water partition coefficient (Wildman–Crippen LogP) is 3.73. The van der Waals surface area contributed by atoms with Crippen LogP contribution in [0.3, 0.4) is 0 Å². The minimum Gasteiger partial charge on any atom is -0.366 e. The molecule has 3 aromatic rings. The van der Waals surface area contributed by atoms with Crippen LogP contribution in [-0.2, 0) is 20.0 Å². The van der Waals surface area contributed by atoms with Crippen molar-refractivity contribution in [3.63, 3.8) is 0 Å². The Labute approximate surface area is 176 Å². The van der Waals surface area contributed by atoms with Gasteiger partial charge in [-0.1, -0.05) is 18.2 Å². The zero-order valence-electron chi connectivity index (χ0n) is 17.4. The van der Waals surface area contributed by atoms with Crippen LogP contribution in [0.5, 0.6) is 0 Å². The largest absolute Gasteiger partial charge is 0.366 e. The molecule has 154 valence electrons. The Balaban J connectivity index is 1.46. The van der Waals surface area contributed by atoms with Crippen molar-refractivity contribution in [3.8, 4) is 0 Å². The van der Waals surface area contributed by atoms with Crippen molar-refractivity contribution in [1.82, 2.24) is 9.47 Å². The molecule has 3 heterocycles. The Kier molecular flexibility index (Phi) is 4.81. The second kappa shape index (κ2) is 7.63. The van der Waals surface area contributed by atoms with E-state index in [1.807, 2.05) is 30.3 Å². The van der Waals surface area contributed by atoms with Gasteiger partial charge in [0.25, 0.3) is 11.5 Å². The number of carbonyl (C=O) groups is 1. The summed E-state index contributed by atoms with van der Waals surface area (Å²) in [5, 5.41) is 2.24. The highest BCUT2D eigenvalue weighted by molar-refractivity contribution is 6.02. The molecule has 5 nitrogen and oxygen atoms in total. The molecule has 1 saturated heterocycles. The van der Waals surface area contributed by atoms with Crippen LogP contribution in [-0.4, -0.2) is 35.0 Å². The topological polar surface area (TPSA) is 45.6 Å². The second-order valence-corrected chi connectivity index (χ2v) is 8.47. The minimum atomic E-state index is 0.117. The zero-order chi connectivity index (χ0) is 20.7. The number of hydrogen-bond acceptors (Lipinski definition) is 3. The number of hydrogen-bond donors (Lipinski definition) is 0. The van der Waals surface area contributed by atoms with E-state index >= 15 is 0 Å². The fourth-order valence-electron chi connectivity index (χ4n) is 4.83. The van der Waals surface area contributed by atoms with E-state index < -0.39 is 0 Å². The maximum Gasteiger partial charge on any atom is 0.253 e. The third kappa shape index (κ3) is 3.28. The van der Waals surface area contributed by atoms with E-state index in [0.29, 0.717) is 0 Å². The van der Waals surface area contributed by atoms with Crippen LogP contribution in [0.4, 0.5) is 5.69 Å². The van der Waals surface area contributed by atoms with Gasteiger partial charge in [0.05, 0.1) is 0 Å². The molecular formula is C25H27N3O2. The van der Waals surface area contributed by atoms with Crippen LogP contribution in [0, 0.1) is 0 Å². The van der Waals surface area contributed by atoms with E-state index in [-0.39, 0.29) is 11.5 Å². The quantitative estimate of drug-likeness (QED) is 0.657. The maximum absolute atomic E-state index is 12.9. The van der Waals surface area contributed by atoms with Crippen molar-refractivity contribution in [1.29, 1.82) is 0 Å². The number of benzene rings is 2. The first-order valence-corrected chi connectivity index (χ1v) is 10.9. The number of rotatable bonds is 2. The van der Waals surface area contributed by atoms with E-state index in [1.165, 1.54) is 6.42 Å². The molecule has 1 aromatic heterocycles. The fourth-order valence-corrected chi connectivity index (χ4v) is 4.83.